The van der Waals surface area contributed by atoms with Crippen molar-refractivity contribution in [3.63, 3.8) is 0 Å². The molecule has 0 heterocycles. The summed E-state index contributed by atoms with van der Waals surface area (Å²) in [5, 5.41) is 0. The molecular weight excluding hydrogens is 376 g/mol. The molecule has 4 aromatic carbocycles. The molecule has 2 nitrogen and oxygen atoms in total. The van der Waals surface area contributed by atoms with Gasteiger partial charge in [-0.25, -0.2) is 0 Å². The maximum atomic E-state index is 11.7. The van der Waals surface area contributed by atoms with Crippen molar-refractivity contribution in [2.75, 3.05) is 0 Å². The van der Waals surface area contributed by atoms with Gasteiger partial charge in [-0.05, 0) is 0 Å². The number of hydrogen-bond donors (Lipinski definition) is 0. The summed E-state index contributed by atoms with van der Waals surface area (Å²) >= 11 is 0. The Bertz CT molecular complexity index is 857. The molecule has 0 aromatic heterocycles. The summed E-state index contributed by atoms with van der Waals surface area (Å²) in [6.07, 6.45) is 0. The molecule has 0 fully saturated rings. The van der Waals surface area contributed by atoms with Gasteiger partial charge in [0.25, 0.3) is 0 Å². The van der Waals surface area contributed by atoms with Gasteiger partial charge < -0.3 is 50.8 Å². The van der Waals surface area contributed by atoms with E-state index >= 15 is 0 Å². The van der Waals surface area contributed by atoms with Crippen molar-refractivity contribution in [3.05, 3.63) is 131 Å². The van der Waals surface area contributed by atoms with E-state index < -0.39 is 0 Å². The van der Waals surface area contributed by atoms with Crippen LogP contribution in [0.1, 0.15) is 31.8 Å². The van der Waals surface area contributed by atoms with Crippen molar-refractivity contribution in [3.8, 4) is 0 Å². The second kappa shape index (κ2) is 10.2. The maximum Gasteiger partial charge on any atom is 0.112 e. The Morgan fingerprint density at radius 3 is 1.56 bits per heavy atom. The fourth-order valence-electron chi connectivity index (χ4n) is 2.56. The Morgan fingerprint density at radius 2 is 1.07 bits per heavy atom. The molecule has 0 spiro atoms. The van der Waals surface area contributed by atoms with Gasteiger partial charge in [0.1, 0.15) is 5.78 Å². The Kier molecular flexibility index (Phi) is 7.69. The van der Waals surface area contributed by atoms with E-state index in [1.807, 2.05) is 109 Å². The van der Waals surface area contributed by atoms with Crippen molar-refractivity contribution in [1.82, 2.24) is 0 Å². The van der Waals surface area contributed by atoms with Crippen LogP contribution in [0.15, 0.2) is 109 Å². The molecule has 4 aromatic rings. The van der Waals surface area contributed by atoms with Crippen molar-refractivity contribution in [1.29, 1.82) is 0 Å². The third-order valence-corrected chi connectivity index (χ3v) is 3.92. The zero-order valence-electron chi connectivity index (χ0n) is 14.6. The van der Waals surface area contributed by atoms with Crippen molar-refractivity contribution in [2.24, 2.45) is 0 Å². The molecule has 3 heteroatoms. The maximum absolute atomic E-state index is 11.7. The number of carbonyl (C=O) groups is 2. The summed E-state index contributed by atoms with van der Waals surface area (Å²) < 4.78 is 0. The van der Waals surface area contributed by atoms with Gasteiger partial charge in [0.05, 0.1) is 0 Å². The molecule has 27 heavy (non-hydrogen) atoms. The molecule has 0 aliphatic rings. The van der Waals surface area contributed by atoms with Gasteiger partial charge in [-0.2, -0.15) is 24.3 Å². The van der Waals surface area contributed by atoms with E-state index in [2.05, 4.69) is 0 Å². The quantitative estimate of drug-likeness (QED) is 0.269. The van der Waals surface area contributed by atoms with Gasteiger partial charge in [0.15, 0.2) is 0 Å². The fraction of sp³-hybridized carbons (Fsp3) is 0. The molecule has 0 radical (unpaired) electrons. The predicted octanol–water partition coefficient (Wildman–Crippen LogP) is 5.27. The van der Waals surface area contributed by atoms with E-state index in [0.29, 0.717) is 0 Å². The molecule has 0 saturated carbocycles. The van der Waals surface area contributed by atoms with Crippen LogP contribution in [-0.2, 0) is 17.1 Å². The van der Waals surface area contributed by atoms with E-state index in [9.17, 15) is 9.59 Å². The van der Waals surface area contributed by atoms with E-state index in [1.54, 1.807) is 0 Å². The molecule has 4 rings (SSSR count). The average Bonchev–Trinajstić information content (AvgIpc) is 3.43. The molecular formula is C24H18FeO2-6. The van der Waals surface area contributed by atoms with E-state index in [4.69, 9.17) is 0 Å². The molecule has 0 unspecified atom stereocenters. The number of ketones is 2. The molecule has 0 aliphatic heterocycles. The smallest absolute Gasteiger partial charge is 0.112 e. The molecule has 0 amide bonds. The largest absolute Gasteiger partial charge is 0.644 e. The molecule has 0 saturated heterocycles. The van der Waals surface area contributed by atoms with Gasteiger partial charge >= 0.3 is 0 Å². The standard InChI is InChI=1S/2C12H9O.Fe/c2*13-12(11-8-4-5-9-11)10-6-2-1-3-7-10;/h2*1-9H;/q-5;-1;. The molecule has 0 aliphatic carbocycles. The zero-order chi connectivity index (χ0) is 18.2. The van der Waals surface area contributed by atoms with Crippen molar-refractivity contribution >= 4 is 11.6 Å². The van der Waals surface area contributed by atoms with Crippen LogP contribution in [0.3, 0.4) is 0 Å². The second-order valence-corrected chi connectivity index (χ2v) is 5.74. The average molecular weight is 394 g/mol. The summed E-state index contributed by atoms with van der Waals surface area (Å²) in [5.41, 5.74) is 3.00. The van der Waals surface area contributed by atoms with E-state index in [-0.39, 0.29) is 28.6 Å². The molecule has 0 N–H and O–H groups in total. The van der Waals surface area contributed by atoms with Crippen LogP contribution < -0.4 is 0 Å². The van der Waals surface area contributed by atoms with Crippen LogP contribution in [0.25, 0.3) is 0 Å². The minimum absolute atomic E-state index is 0. The van der Waals surface area contributed by atoms with Crippen LogP contribution in [0, 0.1) is 0 Å². The SMILES string of the molecule is O=C(c1ccccc1)[c-]1[cH-][cH-][cH-][cH-]1.O=C(c1ccccc1)[c-]1cccc1.[Fe]. The Balaban J connectivity index is 0.000000187. The van der Waals surface area contributed by atoms with Crippen molar-refractivity contribution < 1.29 is 26.7 Å². The first kappa shape index (κ1) is 20.3. The van der Waals surface area contributed by atoms with E-state index in [0.717, 1.165) is 22.3 Å². The normalized spacial score (nSPS) is 9.48. The summed E-state index contributed by atoms with van der Waals surface area (Å²) in [6, 6.07) is 33.4. The first-order chi connectivity index (χ1) is 12.8. The van der Waals surface area contributed by atoms with Gasteiger partial charge in [-0.1, -0.05) is 59.7 Å². The van der Waals surface area contributed by atoms with Crippen LogP contribution >= 0.6 is 0 Å². The third-order valence-electron chi connectivity index (χ3n) is 3.92. The summed E-state index contributed by atoms with van der Waals surface area (Å²) in [6.45, 7) is 0. The molecule has 0 bridgehead atoms. The van der Waals surface area contributed by atoms with Gasteiger partial charge in [-0.3, -0.25) is 0 Å². The van der Waals surface area contributed by atoms with Gasteiger partial charge in [-0.15, -0.1) is 12.1 Å². The summed E-state index contributed by atoms with van der Waals surface area (Å²) in [5.74, 6) is 0.177. The number of benzene rings is 2. The number of hydrogen-bond acceptors (Lipinski definition) is 2. The zero-order valence-corrected chi connectivity index (χ0v) is 15.7. The fourth-order valence-corrected chi connectivity index (χ4v) is 2.56. The predicted molar refractivity (Wildman–Crippen MR) is 104 cm³/mol. The Hall–Kier alpha value is -3.00. The first-order valence-corrected chi connectivity index (χ1v) is 8.38. The first-order valence-electron chi connectivity index (χ1n) is 8.38. The van der Waals surface area contributed by atoms with E-state index in [1.165, 1.54) is 0 Å². The van der Waals surface area contributed by atoms with Crippen LogP contribution in [0.5, 0.6) is 0 Å². The summed E-state index contributed by atoms with van der Waals surface area (Å²) in [7, 11) is 0. The topological polar surface area (TPSA) is 34.1 Å². The molecule has 140 valence electrons. The Labute approximate surface area is 169 Å². The monoisotopic (exact) mass is 394 g/mol. The van der Waals surface area contributed by atoms with Crippen LogP contribution in [0.4, 0.5) is 0 Å². The molecule has 0 atom stereocenters. The number of carbonyl (C=O) groups excluding carboxylic acids is 2. The summed E-state index contributed by atoms with van der Waals surface area (Å²) in [4.78, 5) is 23.4. The van der Waals surface area contributed by atoms with Crippen LogP contribution in [-0.4, -0.2) is 11.6 Å². The second-order valence-electron chi connectivity index (χ2n) is 5.74. The van der Waals surface area contributed by atoms with Gasteiger partial charge in [0.2, 0.25) is 0 Å². The van der Waals surface area contributed by atoms with Gasteiger partial charge in [0, 0.05) is 17.1 Å². The third kappa shape index (κ3) is 5.49. The minimum atomic E-state index is 0. The van der Waals surface area contributed by atoms with Crippen LogP contribution in [0.2, 0.25) is 0 Å². The number of rotatable bonds is 4. The Morgan fingerprint density at radius 1 is 0.630 bits per heavy atom. The minimum Gasteiger partial charge on any atom is -0.644 e. The van der Waals surface area contributed by atoms with Crippen molar-refractivity contribution in [2.45, 2.75) is 0 Å².